The van der Waals surface area contributed by atoms with Crippen LogP contribution in [0.5, 0.6) is 5.75 Å². The van der Waals surface area contributed by atoms with E-state index >= 15 is 0 Å². The smallest absolute Gasteiger partial charge is 0.387 e. The molecule has 0 amide bonds. The first-order chi connectivity index (χ1) is 9.97. The van der Waals surface area contributed by atoms with Gasteiger partial charge in [0.25, 0.3) is 5.69 Å². The molecule has 1 aromatic carbocycles. The number of ether oxygens (including phenoxy) is 1. The summed E-state index contributed by atoms with van der Waals surface area (Å²) in [5, 5.41) is 10.8. The second-order valence-electron chi connectivity index (χ2n) is 3.90. The van der Waals surface area contributed by atoms with Crippen LogP contribution in [0.4, 0.5) is 14.5 Å². The minimum atomic E-state index is -3.15. The number of alkyl halides is 2. The van der Waals surface area contributed by atoms with E-state index < -0.39 is 28.8 Å². The minimum absolute atomic E-state index is 0.0426. The summed E-state index contributed by atoms with van der Waals surface area (Å²) in [6.07, 6.45) is 1.38. The zero-order valence-corrected chi connectivity index (χ0v) is 10.4. The number of nitro groups is 1. The van der Waals surface area contributed by atoms with Crippen molar-refractivity contribution in [2.75, 3.05) is 0 Å². The molecule has 0 N–H and O–H groups in total. The van der Waals surface area contributed by atoms with E-state index in [4.69, 9.17) is 0 Å². The Balaban J connectivity index is 2.45. The van der Waals surface area contributed by atoms with Gasteiger partial charge in [-0.2, -0.15) is 8.78 Å². The Bertz CT molecular complexity index is 677. The maximum atomic E-state index is 12.2. The molecule has 0 saturated heterocycles. The van der Waals surface area contributed by atoms with Crippen LogP contribution < -0.4 is 4.74 Å². The van der Waals surface area contributed by atoms with Crippen LogP contribution in [0.3, 0.4) is 0 Å². The number of pyridine rings is 1. The van der Waals surface area contributed by atoms with Gasteiger partial charge in [-0.05, 0) is 18.2 Å². The van der Waals surface area contributed by atoms with Gasteiger partial charge in [0, 0.05) is 17.8 Å². The average Bonchev–Trinajstić information content (AvgIpc) is 2.46. The molecule has 0 aliphatic carbocycles. The first-order valence-electron chi connectivity index (χ1n) is 5.67. The van der Waals surface area contributed by atoms with Crippen molar-refractivity contribution in [1.29, 1.82) is 0 Å². The third kappa shape index (κ3) is 3.56. The van der Waals surface area contributed by atoms with Crippen molar-refractivity contribution in [2.24, 2.45) is 0 Å². The highest BCUT2D eigenvalue weighted by molar-refractivity contribution is 6.08. The molecule has 21 heavy (non-hydrogen) atoms. The molecule has 0 saturated carbocycles. The molecule has 0 aliphatic heterocycles. The van der Waals surface area contributed by atoms with E-state index in [9.17, 15) is 23.7 Å². The second kappa shape index (κ2) is 6.04. The summed E-state index contributed by atoms with van der Waals surface area (Å²) in [4.78, 5) is 25.9. The molecule has 0 radical (unpaired) electrons. The van der Waals surface area contributed by atoms with E-state index in [1.165, 1.54) is 12.3 Å². The van der Waals surface area contributed by atoms with E-state index in [-0.39, 0.29) is 11.3 Å². The van der Waals surface area contributed by atoms with Gasteiger partial charge >= 0.3 is 6.61 Å². The number of hydrogen-bond donors (Lipinski definition) is 0. The molecule has 8 heteroatoms. The Morgan fingerprint density at radius 3 is 2.62 bits per heavy atom. The van der Waals surface area contributed by atoms with Crippen molar-refractivity contribution in [3.63, 3.8) is 0 Å². The topological polar surface area (TPSA) is 82.3 Å². The molecule has 0 unspecified atom stereocenters. The van der Waals surface area contributed by atoms with E-state index in [0.717, 1.165) is 18.2 Å². The van der Waals surface area contributed by atoms with Crippen molar-refractivity contribution in [1.82, 2.24) is 4.98 Å². The molecule has 2 rings (SSSR count). The average molecular weight is 294 g/mol. The highest BCUT2D eigenvalue weighted by Crippen LogP contribution is 2.25. The molecule has 108 valence electrons. The number of carbonyl (C=O) groups is 1. The molecule has 2 aromatic rings. The number of aromatic nitrogens is 1. The van der Waals surface area contributed by atoms with E-state index in [1.807, 2.05) is 0 Å². The summed E-state index contributed by atoms with van der Waals surface area (Å²) in [5.41, 5.74) is -0.632. The van der Waals surface area contributed by atoms with E-state index in [0.29, 0.717) is 0 Å². The Hall–Kier alpha value is -2.90. The Morgan fingerprint density at radius 1 is 1.29 bits per heavy atom. The third-order valence-electron chi connectivity index (χ3n) is 2.49. The van der Waals surface area contributed by atoms with Crippen molar-refractivity contribution in [3.8, 4) is 5.75 Å². The molecular weight excluding hydrogens is 286 g/mol. The fraction of sp³-hybridized carbons (Fsp3) is 0.0769. The van der Waals surface area contributed by atoms with Gasteiger partial charge in [-0.3, -0.25) is 19.9 Å². The maximum absolute atomic E-state index is 12.2. The summed E-state index contributed by atoms with van der Waals surface area (Å²) in [6, 6.07) is 7.38. The molecule has 1 aromatic heterocycles. The lowest BCUT2D eigenvalue weighted by atomic mass is 10.1. The summed E-state index contributed by atoms with van der Waals surface area (Å²) in [5.74, 6) is -1.09. The number of carbonyl (C=O) groups excluding carboxylic acids is 1. The van der Waals surface area contributed by atoms with Crippen LogP contribution in [0.15, 0.2) is 42.6 Å². The molecule has 0 fully saturated rings. The lowest BCUT2D eigenvalue weighted by Crippen LogP contribution is -2.07. The van der Waals surface area contributed by atoms with Crippen LogP contribution in [0, 0.1) is 10.1 Å². The highest BCUT2D eigenvalue weighted by atomic mass is 19.3. The molecule has 0 spiro atoms. The number of benzene rings is 1. The summed E-state index contributed by atoms with van der Waals surface area (Å²) in [7, 11) is 0. The number of ketones is 1. The van der Waals surface area contributed by atoms with Crippen molar-refractivity contribution >= 4 is 11.5 Å². The predicted octanol–water partition coefficient (Wildman–Crippen LogP) is 2.82. The predicted molar refractivity (Wildman–Crippen MR) is 67.4 cm³/mol. The zero-order valence-electron chi connectivity index (χ0n) is 10.4. The third-order valence-corrected chi connectivity index (χ3v) is 2.49. The van der Waals surface area contributed by atoms with Crippen LogP contribution >= 0.6 is 0 Å². The van der Waals surface area contributed by atoms with Crippen molar-refractivity contribution in [3.05, 3.63) is 64.0 Å². The van der Waals surface area contributed by atoms with Gasteiger partial charge in [0.1, 0.15) is 11.4 Å². The number of nitrogens with zero attached hydrogens (tertiary/aromatic N) is 2. The minimum Gasteiger partial charge on any atom is -0.435 e. The Morgan fingerprint density at radius 2 is 2.05 bits per heavy atom. The first kappa shape index (κ1) is 14.5. The lowest BCUT2D eigenvalue weighted by molar-refractivity contribution is -0.385. The number of halogens is 2. The fourth-order valence-electron chi connectivity index (χ4n) is 1.64. The van der Waals surface area contributed by atoms with E-state index in [2.05, 4.69) is 9.72 Å². The Kier molecular flexibility index (Phi) is 4.17. The van der Waals surface area contributed by atoms with Crippen LogP contribution in [0.2, 0.25) is 0 Å². The quantitative estimate of drug-likeness (QED) is 0.481. The molecule has 6 nitrogen and oxygen atoms in total. The van der Waals surface area contributed by atoms with Gasteiger partial charge in [0.15, 0.2) is 0 Å². The van der Waals surface area contributed by atoms with Gasteiger partial charge in [0.05, 0.1) is 11.0 Å². The van der Waals surface area contributed by atoms with Gasteiger partial charge in [-0.25, -0.2) is 0 Å². The summed E-state index contributed by atoms with van der Waals surface area (Å²) >= 11 is 0. The van der Waals surface area contributed by atoms with Crippen LogP contribution in [0.1, 0.15) is 16.1 Å². The lowest BCUT2D eigenvalue weighted by Gasteiger charge is -2.06. The van der Waals surface area contributed by atoms with Gasteiger partial charge in [-0.15, -0.1) is 0 Å². The molecule has 1 heterocycles. The monoisotopic (exact) mass is 294 g/mol. The first-order valence-corrected chi connectivity index (χ1v) is 5.67. The molecule has 0 aliphatic rings. The number of non-ortho nitro benzene ring substituents is 1. The second-order valence-corrected chi connectivity index (χ2v) is 3.90. The fourth-order valence-corrected chi connectivity index (χ4v) is 1.64. The summed E-state index contributed by atoms with van der Waals surface area (Å²) < 4.78 is 28.6. The van der Waals surface area contributed by atoms with Gasteiger partial charge in [-0.1, -0.05) is 6.07 Å². The zero-order chi connectivity index (χ0) is 15.4. The maximum Gasteiger partial charge on any atom is 0.387 e. The van der Waals surface area contributed by atoms with Crippen LogP contribution in [-0.2, 0) is 0 Å². The highest BCUT2D eigenvalue weighted by Gasteiger charge is 2.18. The summed E-state index contributed by atoms with van der Waals surface area (Å²) in [6.45, 7) is -3.15. The van der Waals surface area contributed by atoms with Gasteiger partial charge in [0.2, 0.25) is 5.78 Å². The van der Waals surface area contributed by atoms with Crippen molar-refractivity contribution < 1.29 is 23.2 Å². The number of rotatable bonds is 5. The normalized spacial score (nSPS) is 10.4. The van der Waals surface area contributed by atoms with Crippen molar-refractivity contribution in [2.45, 2.75) is 6.61 Å². The molecule has 0 atom stereocenters. The number of nitro benzene ring substituents is 1. The number of hydrogen-bond acceptors (Lipinski definition) is 5. The Labute approximate surface area is 117 Å². The van der Waals surface area contributed by atoms with Crippen LogP contribution in [-0.4, -0.2) is 22.3 Å². The van der Waals surface area contributed by atoms with Gasteiger partial charge < -0.3 is 4.74 Å². The van der Waals surface area contributed by atoms with Crippen LogP contribution in [0.25, 0.3) is 0 Å². The largest absolute Gasteiger partial charge is 0.435 e. The SMILES string of the molecule is O=C(c1cc(OC(F)F)cc([N+](=O)[O-])c1)c1ccccn1. The standard InChI is InChI=1S/C13H8F2N2O4/c14-13(15)21-10-6-8(5-9(7-10)17(19)20)12(18)11-3-1-2-4-16-11/h1-7,13H. The molecule has 0 bridgehead atoms. The molecular formula is C13H8F2N2O4. The van der Waals surface area contributed by atoms with E-state index in [1.54, 1.807) is 12.1 Å².